The zero-order valence-electron chi connectivity index (χ0n) is 8.69. The Labute approximate surface area is 88.4 Å². The van der Waals surface area contributed by atoms with E-state index in [2.05, 4.69) is 5.16 Å². The average molecular weight is 204 g/mol. The molecule has 1 rings (SSSR count). The molecule has 4 nitrogen and oxygen atoms in total. The van der Waals surface area contributed by atoms with Gasteiger partial charge in [-0.05, 0) is 26.0 Å². The first-order valence-electron chi connectivity index (χ1n) is 4.48. The van der Waals surface area contributed by atoms with E-state index in [1.165, 1.54) is 0 Å². The lowest BCUT2D eigenvalue weighted by Crippen LogP contribution is -2.02. The Balaban J connectivity index is 3.10. The molecule has 0 unspecified atom stereocenters. The zero-order chi connectivity index (χ0) is 11.3. The van der Waals surface area contributed by atoms with Crippen LogP contribution in [0.15, 0.2) is 23.4 Å². The van der Waals surface area contributed by atoms with E-state index in [1.54, 1.807) is 13.0 Å². The first-order valence-corrected chi connectivity index (χ1v) is 4.48. The van der Waals surface area contributed by atoms with E-state index >= 15 is 0 Å². The van der Waals surface area contributed by atoms with Gasteiger partial charge in [0.2, 0.25) is 0 Å². The van der Waals surface area contributed by atoms with Crippen molar-refractivity contribution in [3.8, 4) is 11.8 Å². The van der Waals surface area contributed by atoms with Crippen molar-refractivity contribution in [2.45, 2.75) is 13.8 Å². The van der Waals surface area contributed by atoms with Crippen LogP contribution in [0.3, 0.4) is 0 Å². The van der Waals surface area contributed by atoms with E-state index in [0.717, 1.165) is 5.56 Å². The molecule has 0 spiro atoms. The summed E-state index contributed by atoms with van der Waals surface area (Å²) in [5.74, 6) is 0.553. The van der Waals surface area contributed by atoms with Crippen LogP contribution < -0.4 is 4.74 Å². The average Bonchev–Trinajstić information content (AvgIpc) is 2.26. The number of nitriles is 1. The molecule has 0 saturated heterocycles. The van der Waals surface area contributed by atoms with Gasteiger partial charge in [-0.25, -0.2) is 0 Å². The van der Waals surface area contributed by atoms with Gasteiger partial charge < -0.3 is 9.94 Å². The van der Waals surface area contributed by atoms with E-state index in [1.807, 2.05) is 25.1 Å². The standard InChI is InChI=1S/C11H12N2O2/c1-8-3-4-11(15-6-5-12)10(7-8)9(2)13-14/h3-4,7,14H,6H2,1-2H3/b13-9+. The second-order valence-electron chi connectivity index (χ2n) is 3.13. The van der Waals surface area contributed by atoms with E-state index < -0.39 is 0 Å². The highest BCUT2D eigenvalue weighted by molar-refractivity contribution is 6.00. The maximum Gasteiger partial charge on any atom is 0.174 e. The minimum Gasteiger partial charge on any atom is -0.478 e. The molecule has 0 radical (unpaired) electrons. The lowest BCUT2D eigenvalue weighted by molar-refractivity contribution is 0.318. The summed E-state index contributed by atoms with van der Waals surface area (Å²) in [4.78, 5) is 0. The monoisotopic (exact) mass is 204 g/mol. The molecule has 0 heterocycles. The van der Waals surface area contributed by atoms with Gasteiger partial charge in [0.05, 0.1) is 5.71 Å². The molecule has 0 aliphatic carbocycles. The molecule has 1 aromatic rings. The third-order valence-corrected chi connectivity index (χ3v) is 1.97. The SMILES string of the molecule is C/C(=N\O)c1cc(C)ccc1OCC#N. The molecule has 0 aromatic heterocycles. The van der Waals surface area contributed by atoms with Gasteiger partial charge in [0.15, 0.2) is 6.61 Å². The van der Waals surface area contributed by atoms with Gasteiger partial charge in [0.25, 0.3) is 0 Å². The maximum absolute atomic E-state index is 8.70. The molecule has 0 aliphatic heterocycles. The lowest BCUT2D eigenvalue weighted by atomic mass is 10.1. The van der Waals surface area contributed by atoms with Gasteiger partial charge in [0.1, 0.15) is 11.8 Å². The highest BCUT2D eigenvalue weighted by Crippen LogP contribution is 2.20. The summed E-state index contributed by atoms with van der Waals surface area (Å²) < 4.78 is 5.21. The van der Waals surface area contributed by atoms with Crippen LogP contribution in [0.2, 0.25) is 0 Å². The molecule has 1 N–H and O–H groups in total. The Bertz CT molecular complexity index is 419. The molecular formula is C11H12N2O2. The Kier molecular flexibility index (Phi) is 3.69. The van der Waals surface area contributed by atoms with Crippen LogP contribution in [-0.4, -0.2) is 17.5 Å². The summed E-state index contributed by atoms with van der Waals surface area (Å²) in [5, 5.41) is 20.2. The molecular weight excluding hydrogens is 192 g/mol. The third kappa shape index (κ3) is 2.71. The minimum atomic E-state index is -0.0191. The van der Waals surface area contributed by atoms with Crippen molar-refractivity contribution in [1.29, 1.82) is 5.26 Å². The fourth-order valence-corrected chi connectivity index (χ4v) is 1.22. The summed E-state index contributed by atoms with van der Waals surface area (Å²) in [6, 6.07) is 7.38. The number of hydrogen-bond donors (Lipinski definition) is 1. The van der Waals surface area contributed by atoms with Crippen LogP contribution in [0.5, 0.6) is 5.75 Å². The summed E-state index contributed by atoms with van der Waals surface area (Å²) >= 11 is 0. The van der Waals surface area contributed by atoms with Crippen LogP contribution in [0, 0.1) is 18.3 Å². The van der Waals surface area contributed by atoms with Crippen LogP contribution >= 0.6 is 0 Å². The van der Waals surface area contributed by atoms with Crippen molar-refractivity contribution in [1.82, 2.24) is 0 Å². The molecule has 0 bridgehead atoms. The summed E-state index contributed by atoms with van der Waals surface area (Å²) in [5.41, 5.74) is 2.21. The first-order chi connectivity index (χ1) is 7.19. The quantitative estimate of drug-likeness (QED) is 0.465. The Morgan fingerprint density at radius 2 is 2.33 bits per heavy atom. The van der Waals surface area contributed by atoms with Crippen molar-refractivity contribution in [3.63, 3.8) is 0 Å². The minimum absolute atomic E-state index is 0.0191. The van der Waals surface area contributed by atoms with Crippen molar-refractivity contribution in [3.05, 3.63) is 29.3 Å². The number of aryl methyl sites for hydroxylation is 1. The van der Waals surface area contributed by atoms with Gasteiger partial charge in [-0.2, -0.15) is 5.26 Å². The topological polar surface area (TPSA) is 65.6 Å². The second kappa shape index (κ2) is 5.01. The Hall–Kier alpha value is -2.02. The molecule has 0 saturated carbocycles. The number of oxime groups is 1. The fourth-order valence-electron chi connectivity index (χ4n) is 1.22. The molecule has 1 aromatic carbocycles. The van der Waals surface area contributed by atoms with E-state index in [0.29, 0.717) is 17.0 Å². The Morgan fingerprint density at radius 3 is 2.93 bits per heavy atom. The van der Waals surface area contributed by atoms with E-state index in [9.17, 15) is 0 Å². The number of hydrogen-bond acceptors (Lipinski definition) is 4. The van der Waals surface area contributed by atoms with E-state index in [4.69, 9.17) is 15.2 Å². The zero-order valence-corrected chi connectivity index (χ0v) is 8.69. The molecule has 0 atom stereocenters. The predicted octanol–water partition coefficient (Wildman–Crippen LogP) is 2.10. The van der Waals surface area contributed by atoms with Crippen LogP contribution in [0.25, 0.3) is 0 Å². The van der Waals surface area contributed by atoms with Gasteiger partial charge in [-0.1, -0.05) is 16.8 Å². The molecule has 78 valence electrons. The van der Waals surface area contributed by atoms with Crippen LogP contribution in [0.4, 0.5) is 0 Å². The third-order valence-electron chi connectivity index (χ3n) is 1.97. The van der Waals surface area contributed by atoms with Crippen LogP contribution in [-0.2, 0) is 0 Å². The summed E-state index contributed by atoms with van der Waals surface area (Å²) in [7, 11) is 0. The number of nitrogens with zero attached hydrogens (tertiary/aromatic N) is 2. The van der Waals surface area contributed by atoms with Gasteiger partial charge in [-0.15, -0.1) is 0 Å². The van der Waals surface area contributed by atoms with Crippen LogP contribution in [0.1, 0.15) is 18.1 Å². The summed E-state index contributed by atoms with van der Waals surface area (Å²) in [6.07, 6.45) is 0. The van der Waals surface area contributed by atoms with Crippen molar-refractivity contribution >= 4 is 5.71 Å². The van der Waals surface area contributed by atoms with Crippen molar-refractivity contribution in [2.75, 3.05) is 6.61 Å². The highest BCUT2D eigenvalue weighted by atomic mass is 16.5. The predicted molar refractivity (Wildman–Crippen MR) is 56.3 cm³/mol. The van der Waals surface area contributed by atoms with E-state index in [-0.39, 0.29) is 6.61 Å². The number of rotatable bonds is 3. The molecule has 0 aliphatic rings. The second-order valence-corrected chi connectivity index (χ2v) is 3.13. The maximum atomic E-state index is 8.70. The van der Waals surface area contributed by atoms with Crippen molar-refractivity contribution in [2.24, 2.45) is 5.16 Å². The Morgan fingerprint density at radius 1 is 1.60 bits per heavy atom. The molecule has 4 heteroatoms. The molecule has 0 amide bonds. The van der Waals surface area contributed by atoms with Crippen molar-refractivity contribution < 1.29 is 9.94 Å². The number of benzene rings is 1. The van der Waals surface area contributed by atoms with Gasteiger partial charge >= 0.3 is 0 Å². The molecule has 15 heavy (non-hydrogen) atoms. The largest absolute Gasteiger partial charge is 0.478 e. The first kappa shape index (κ1) is 11.1. The lowest BCUT2D eigenvalue weighted by Gasteiger charge is -2.08. The normalized spacial score (nSPS) is 10.9. The fraction of sp³-hybridized carbons (Fsp3) is 0.273. The smallest absolute Gasteiger partial charge is 0.174 e. The highest BCUT2D eigenvalue weighted by Gasteiger charge is 2.07. The molecule has 0 fully saturated rings. The van der Waals surface area contributed by atoms with Gasteiger partial charge in [-0.3, -0.25) is 0 Å². The summed E-state index contributed by atoms with van der Waals surface area (Å²) in [6.45, 7) is 3.59. The van der Waals surface area contributed by atoms with Gasteiger partial charge in [0, 0.05) is 5.56 Å². The number of ether oxygens (including phenoxy) is 1.